The predicted octanol–water partition coefficient (Wildman–Crippen LogP) is 1.56. The van der Waals surface area contributed by atoms with Crippen LogP contribution in [0.3, 0.4) is 0 Å². The van der Waals surface area contributed by atoms with Gasteiger partial charge in [0.1, 0.15) is 17.2 Å². The second kappa shape index (κ2) is 6.45. The molecule has 1 fully saturated rings. The summed E-state index contributed by atoms with van der Waals surface area (Å²) >= 11 is 0. The van der Waals surface area contributed by atoms with Crippen molar-refractivity contribution in [2.24, 2.45) is 0 Å². The summed E-state index contributed by atoms with van der Waals surface area (Å²) in [5.74, 6) is -1.50. The zero-order valence-electron chi connectivity index (χ0n) is 12.6. The fourth-order valence-electron chi connectivity index (χ4n) is 2.98. The molecule has 0 spiro atoms. The normalized spacial score (nSPS) is 17.0. The van der Waals surface area contributed by atoms with Crippen molar-refractivity contribution in [2.75, 3.05) is 13.1 Å². The van der Waals surface area contributed by atoms with E-state index in [1.54, 1.807) is 23.1 Å². The highest BCUT2D eigenvalue weighted by Gasteiger charge is 2.41. The first-order valence-corrected chi connectivity index (χ1v) is 7.54. The van der Waals surface area contributed by atoms with Gasteiger partial charge in [0.15, 0.2) is 0 Å². The summed E-state index contributed by atoms with van der Waals surface area (Å²) in [5.41, 5.74) is -0.374. The summed E-state index contributed by atoms with van der Waals surface area (Å²) in [6.07, 6.45) is 4.63. The highest BCUT2D eigenvalue weighted by molar-refractivity contribution is 5.84. The first-order chi connectivity index (χ1) is 11.1. The molecule has 2 aromatic rings. The van der Waals surface area contributed by atoms with E-state index in [0.29, 0.717) is 31.5 Å². The van der Waals surface area contributed by atoms with E-state index < -0.39 is 17.2 Å². The zero-order chi connectivity index (χ0) is 16.3. The number of carbonyl (C=O) groups excluding carboxylic acids is 1. The van der Waals surface area contributed by atoms with Crippen LogP contribution in [0.5, 0.6) is 0 Å². The van der Waals surface area contributed by atoms with Crippen LogP contribution < -0.4 is 10.6 Å². The van der Waals surface area contributed by atoms with E-state index in [1.807, 2.05) is 0 Å². The summed E-state index contributed by atoms with van der Waals surface area (Å²) in [6, 6.07) is 5.01. The topological polar surface area (TPSA) is 59.0 Å². The maximum atomic E-state index is 13.2. The number of nitrogens with zero attached hydrogens (tertiary/aromatic N) is 2. The first kappa shape index (κ1) is 15.6. The van der Waals surface area contributed by atoms with Gasteiger partial charge in [-0.25, -0.2) is 8.78 Å². The van der Waals surface area contributed by atoms with Crippen LogP contribution in [-0.2, 0) is 16.9 Å². The number of halogens is 2. The van der Waals surface area contributed by atoms with Gasteiger partial charge in [0.05, 0.1) is 0 Å². The van der Waals surface area contributed by atoms with E-state index in [2.05, 4.69) is 15.7 Å². The molecule has 0 radical (unpaired) electrons. The number of hydrogen-bond acceptors (Lipinski definition) is 3. The molecule has 1 amide bonds. The fourth-order valence-corrected chi connectivity index (χ4v) is 2.98. The lowest BCUT2D eigenvalue weighted by atomic mass is 9.87. The van der Waals surface area contributed by atoms with Crippen molar-refractivity contribution < 1.29 is 13.6 Å². The van der Waals surface area contributed by atoms with Crippen LogP contribution in [0.2, 0.25) is 0 Å². The van der Waals surface area contributed by atoms with E-state index in [0.717, 1.165) is 6.07 Å². The Kier molecular flexibility index (Phi) is 4.38. The van der Waals surface area contributed by atoms with Crippen molar-refractivity contribution in [3.63, 3.8) is 0 Å². The van der Waals surface area contributed by atoms with Gasteiger partial charge in [0, 0.05) is 25.0 Å². The number of amides is 1. The summed E-state index contributed by atoms with van der Waals surface area (Å²) in [5, 5.41) is 10.2. The smallest absolute Gasteiger partial charge is 0.248 e. The Bertz CT molecular complexity index is 661. The molecule has 1 aromatic heterocycles. The molecule has 1 aliphatic heterocycles. The van der Waals surface area contributed by atoms with Crippen molar-refractivity contribution in [1.29, 1.82) is 0 Å². The zero-order valence-corrected chi connectivity index (χ0v) is 12.6. The summed E-state index contributed by atoms with van der Waals surface area (Å²) in [6.45, 7) is 1.49. The van der Waals surface area contributed by atoms with Crippen LogP contribution in [-0.4, -0.2) is 28.8 Å². The third-order valence-electron chi connectivity index (χ3n) is 4.17. The highest BCUT2D eigenvalue weighted by Crippen LogP contribution is 2.27. The second-order valence-electron chi connectivity index (χ2n) is 5.69. The van der Waals surface area contributed by atoms with Gasteiger partial charge in [-0.3, -0.25) is 9.48 Å². The fraction of sp³-hybridized carbons (Fsp3) is 0.375. The van der Waals surface area contributed by atoms with Crippen molar-refractivity contribution in [1.82, 2.24) is 20.4 Å². The molecule has 3 rings (SSSR count). The van der Waals surface area contributed by atoms with Crippen molar-refractivity contribution in [2.45, 2.75) is 24.9 Å². The number of rotatable bonds is 4. The van der Waals surface area contributed by atoms with Gasteiger partial charge in [-0.05, 0) is 49.7 Å². The molecule has 5 nitrogen and oxygen atoms in total. The van der Waals surface area contributed by atoms with Crippen molar-refractivity contribution in [3.05, 3.63) is 53.9 Å². The largest absolute Gasteiger partial charge is 0.350 e. The summed E-state index contributed by atoms with van der Waals surface area (Å²) in [7, 11) is 0. The maximum absolute atomic E-state index is 13.2. The van der Waals surface area contributed by atoms with Crippen LogP contribution in [0.4, 0.5) is 8.78 Å². The SMILES string of the molecule is O=C(NCc1cc(F)cc(F)c1)C1(n2cccn2)CCNCC1. The molecule has 0 bridgehead atoms. The number of carbonyl (C=O) groups is 1. The van der Waals surface area contributed by atoms with Crippen LogP contribution in [0, 0.1) is 11.6 Å². The molecular weight excluding hydrogens is 302 g/mol. The number of piperidine rings is 1. The maximum Gasteiger partial charge on any atom is 0.248 e. The van der Waals surface area contributed by atoms with Crippen LogP contribution in [0.25, 0.3) is 0 Å². The molecule has 0 aliphatic carbocycles. The highest BCUT2D eigenvalue weighted by atomic mass is 19.1. The lowest BCUT2D eigenvalue weighted by Crippen LogP contribution is -2.54. The molecule has 23 heavy (non-hydrogen) atoms. The second-order valence-corrected chi connectivity index (χ2v) is 5.69. The van der Waals surface area contributed by atoms with Gasteiger partial charge in [-0.1, -0.05) is 0 Å². The van der Waals surface area contributed by atoms with E-state index in [-0.39, 0.29) is 12.5 Å². The van der Waals surface area contributed by atoms with Crippen molar-refractivity contribution in [3.8, 4) is 0 Å². The Morgan fingerprint density at radius 2 is 1.96 bits per heavy atom. The van der Waals surface area contributed by atoms with Gasteiger partial charge in [-0.2, -0.15) is 5.10 Å². The Morgan fingerprint density at radius 3 is 2.57 bits per heavy atom. The quantitative estimate of drug-likeness (QED) is 0.899. The molecule has 2 N–H and O–H groups in total. The van der Waals surface area contributed by atoms with Crippen LogP contribution >= 0.6 is 0 Å². The average Bonchev–Trinajstić information content (AvgIpc) is 3.07. The summed E-state index contributed by atoms with van der Waals surface area (Å²) in [4.78, 5) is 12.8. The predicted molar refractivity (Wildman–Crippen MR) is 80.5 cm³/mol. The Balaban J connectivity index is 1.76. The minimum Gasteiger partial charge on any atom is -0.350 e. The Labute approximate surface area is 132 Å². The average molecular weight is 320 g/mol. The Morgan fingerprint density at radius 1 is 1.26 bits per heavy atom. The minimum absolute atomic E-state index is 0.0734. The number of benzene rings is 1. The monoisotopic (exact) mass is 320 g/mol. The lowest BCUT2D eigenvalue weighted by Gasteiger charge is -2.36. The Hall–Kier alpha value is -2.28. The number of nitrogens with one attached hydrogen (secondary N) is 2. The molecule has 0 atom stereocenters. The third-order valence-corrected chi connectivity index (χ3v) is 4.17. The third kappa shape index (κ3) is 3.24. The van der Waals surface area contributed by atoms with E-state index in [4.69, 9.17) is 0 Å². The van der Waals surface area contributed by atoms with Gasteiger partial charge in [0.2, 0.25) is 5.91 Å². The molecule has 1 saturated heterocycles. The minimum atomic E-state index is -0.763. The molecule has 1 aliphatic rings. The standard InChI is InChI=1S/C16H18F2N4O/c17-13-8-12(9-14(18)10-13)11-20-15(23)16(2-5-19-6-3-16)22-7-1-4-21-22/h1,4,7-10,19H,2-3,5-6,11H2,(H,20,23). The molecular formula is C16H18F2N4O. The van der Waals surface area contributed by atoms with Gasteiger partial charge < -0.3 is 10.6 Å². The van der Waals surface area contributed by atoms with Gasteiger partial charge in [-0.15, -0.1) is 0 Å². The van der Waals surface area contributed by atoms with E-state index in [1.165, 1.54) is 12.1 Å². The van der Waals surface area contributed by atoms with Crippen LogP contribution in [0.15, 0.2) is 36.7 Å². The summed E-state index contributed by atoms with van der Waals surface area (Å²) < 4.78 is 28.1. The lowest BCUT2D eigenvalue weighted by molar-refractivity contribution is -0.132. The molecule has 122 valence electrons. The van der Waals surface area contributed by atoms with Gasteiger partial charge >= 0.3 is 0 Å². The van der Waals surface area contributed by atoms with E-state index >= 15 is 0 Å². The molecule has 1 aromatic carbocycles. The molecule has 2 heterocycles. The number of hydrogen-bond donors (Lipinski definition) is 2. The number of aromatic nitrogens is 2. The molecule has 0 unspecified atom stereocenters. The molecule has 0 saturated carbocycles. The van der Waals surface area contributed by atoms with Crippen molar-refractivity contribution >= 4 is 5.91 Å². The van der Waals surface area contributed by atoms with E-state index in [9.17, 15) is 13.6 Å². The van der Waals surface area contributed by atoms with Crippen LogP contribution in [0.1, 0.15) is 18.4 Å². The van der Waals surface area contributed by atoms with Gasteiger partial charge in [0.25, 0.3) is 0 Å². The first-order valence-electron chi connectivity index (χ1n) is 7.54. The molecule has 7 heteroatoms.